The molecule has 5 heteroatoms. The van der Waals surface area contributed by atoms with Crippen LogP contribution < -0.4 is 10.1 Å². The second kappa shape index (κ2) is 6.08. The van der Waals surface area contributed by atoms with Gasteiger partial charge in [0.1, 0.15) is 5.75 Å². The number of alkyl halides is 2. The van der Waals surface area contributed by atoms with Crippen molar-refractivity contribution in [2.75, 3.05) is 5.32 Å². The molecular formula is C16H16F2N2O. The maximum Gasteiger partial charge on any atom is 0.387 e. The van der Waals surface area contributed by atoms with Crippen LogP contribution in [0.15, 0.2) is 42.6 Å². The molecule has 1 N–H and O–H groups in total. The molecule has 1 aliphatic carbocycles. The van der Waals surface area contributed by atoms with Gasteiger partial charge >= 0.3 is 6.61 Å². The summed E-state index contributed by atoms with van der Waals surface area (Å²) in [5.41, 5.74) is 3.06. The number of nitrogens with zero attached hydrogens (tertiary/aromatic N) is 1. The smallest absolute Gasteiger partial charge is 0.387 e. The van der Waals surface area contributed by atoms with Gasteiger partial charge in [-0.1, -0.05) is 12.1 Å². The number of rotatable bonds is 4. The molecule has 2 aromatic rings. The molecule has 3 nitrogen and oxygen atoms in total. The van der Waals surface area contributed by atoms with Crippen LogP contribution in [0.2, 0.25) is 0 Å². The van der Waals surface area contributed by atoms with Gasteiger partial charge in [0.25, 0.3) is 0 Å². The number of ether oxygens (including phenoxy) is 1. The number of aromatic nitrogens is 1. The van der Waals surface area contributed by atoms with Crippen molar-refractivity contribution in [3.05, 3.63) is 53.9 Å². The third kappa shape index (κ3) is 3.29. The average Bonchev–Trinajstić information content (AvgIpc) is 2.47. The monoisotopic (exact) mass is 290 g/mol. The molecule has 21 heavy (non-hydrogen) atoms. The molecule has 1 unspecified atom stereocenters. The van der Waals surface area contributed by atoms with Crippen LogP contribution in [-0.4, -0.2) is 11.6 Å². The molecule has 1 heterocycles. The molecular weight excluding hydrogens is 274 g/mol. The molecule has 0 saturated carbocycles. The van der Waals surface area contributed by atoms with E-state index in [0.717, 1.165) is 30.6 Å². The van der Waals surface area contributed by atoms with Gasteiger partial charge < -0.3 is 10.1 Å². The lowest BCUT2D eigenvalue weighted by Crippen LogP contribution is -2.18. The molecule has 0 bridgehead atoms. The predicted octanol–water partition coefficient (Wildman–Crippen LogP) is 4.17. The average molecular weight is 290 g/mol. The molecule has 1 aromatic carbocycles. The first-order valence-electron chi connectivity index (χ1n) is 6.97. The fourth-order valence-corrected chi connectivity index (χ4v) is 2.71. The van der Waals surface area contributed by atoms with E-state index >= 15 is 0 Å². The Kier molecular flexibility index (Phi) is 3.99. The summed E-state index contributed by atoms with van der Waals surface area (Å²) in [6, 6.07) is 10.8. The molecule has 0 amide bonds. The van der Waals surface area contributed by atoms with Crippen molar-refractivity contribution in [3.8, 4) is 5.75 Å². The lowest BCUT2D eigenvalue weighted by molar-refractivity contribution is -0.0498. The standard InChI is InChI=1S/C16H16F2N2O/c17-16(18)21-13-7-2-6-12(10-13)20-14-8-1-4-11-5-3-9-19-15(11)14/h2-3,5-7,9-10,14,16,20H,1,4,8H2. The van der Waals surface area contributed by atoms with E-state index in [4.69, 9.17) is 0 Å². The van der Waals surface area contributed by atoms with Gasteiger partial charge in [0.2, 0.25) is 0 Å². The van der Waals surface area contributed by atoms with Crippen LogP contribution in [0.4, 0.5) is 14.5 Å². The minimum Gasteiger partial charge on any atom is -0.435 e. The molecule has 0 aliphatic heterocycles. The zero-order valence-corrected chi connectivity index (χ0v) is 11.4. The number of benzene rings is 1. The molecule has 3 rings (SSSR count). The highest BCUT2D eigenvalue weighted by atomic mass is 19.3. The fraction of sp³-hybridized carbons (Fsp3) is 0.312. The molecule has 1 atom stereocenters. The van der Waals surface area contributed by atoms with Crippen LogP contribution in [0.25, 0.3) is 0 Å². The Labute approximate surface area is 122 Å². The van der Waals surface area contributed by atoms with Crippen LogP contribution in [0.3, 0.4) is 0 Å². The Bertz CT molecular complexity index is 619. The quantitative estimate of drug-likeness (QED) is 0.917. The number of hydrogen-bond donors (Lipinski definition) is 1. The first-order valence-corrected chi connectivity index (χ1v) is 6.97. The zero-order chi connectivity index (χ0) is 14.7. The third-order valence-electron chi connectivity index (χ3n) is 3.60. The van der Waals surface area contributed by atoms with Crippen molar-refractivity contribution >= 4 is 5.69 Å². The van der Waals surface area contributed by atoms with Gasteiger partial charge in [0, 0.05) is 18.0 Å². The molecule has 0 spiro atoms. The minimum atomic E-state index is -2.81. The Morgan fingerprint density at radius 3 is 3.00 bits per heavy atom. The lowest BCUT2D eigenvalue weighted by atomic mass is 9.92. The largest absolute Gasteiger partial charge is 0.435 e. The van der Waals surface area contributed by atoms with E-state index in [1.807, 2.05) is 12.1 Å². The lowest BCUT2D eigenvalue weighted by Gasteiger charge is -2.26. The van der Waals surface area contributed by atoms with Crippen molar-refractivity contribution in [2.45, 2.75) is 31.9 Å². The highest BCUT2D eigenvalue weighted by molar-refractivity contribution is 5.50. The van der Waals surface area contributed by atoms with E-state index in [-0.39, 0.29) is 11.8 Å². The van der Waals surface area contributed by atoms with Gasteiger partial charge in [-0.15, -0.1) is 0 Å². The third-order valence-corrected chi connectivity index (χ3v) is 3.60. The summed E-state index contributed by atoms with van der Waals surface area (Å²) in [6.07, 6.45) is 4.89. The number of hydrogen-bond acceptors (Lipinski definition) is 3. The van der Waals surface area contributed by atoms with Crippen molar-refractivity contribution < 1.29 is 13.5 Å². The van der Waals surface area contributed by atoms with Gasteiger partial charge in [0.05, 0.1) is 11.7 Å². The number of fused-ring (bicyclic) bond motifs is 1. The highest BCUT2D eigenvalue weighted by Crippen LogP contribution is 2.31. The normalized spacial score (nSPS) is 17.4. The highest BCUT2D eigenvalue weighted by Gasteiger charge is 2.21. The van der Waals surface area contributed by atoms with Crippen LogP contribution >= 0.6 is 0 Å². The number of pyridine rings is 1. The van der Waals surface area contributed by atoms with Crippen molar-refractivity contribution in [1.82, 2.24) is 4.98 Å². The second-order valence-electron chi connectivity index (χ2n) is 5.04. The first kappa shape index (κ1) is 13.8. The Morgan fingerprint density at radius 2 is 2.14 bits per heavy atom. The molecule has 1 aliphatic rings. The molecule has 0 fully saturated rings. The van der Waals surface area contributed by atoms with Gasteiger partial charge in [-0.25, -0.2) is 0 Å². The summed E-state index contributed by atoms with van der Waals surface area (Å²) in [5, 5.41) is 3.36. The van der Waals surface area contributed by atoms with Crippen LogP contribution in [-0.2, 0) is 6.42 Å². The van der Waals surface area contributed by atoms with Crippen molar-refractivity contribution in [3.63, 3.8) is 0 Å². The number of anilines is 1. The summed E-state index contributed by atoms with van der Waals surface area (Å²) >= 11 is 0. The number of aryl methyl sites for hydroxylation is 1. The van der Waals surface area contributed by atoms with Crippen molar-refractivity contribution in [1.29, 1.82) is 0 Å². The summed E-state index contributed by atoms with van der Waals surface area (Å²) in [6.45, 7) is -2.81. The van der Waals surface area contributed by atoms with Crippen LogP contribution in [0, 0.1) is 0 Å². The molecule has 110 valence electrons. The van der Waals surface area contributed by atoms with Crippen LogP contribution in [0.1, 0.15) is 30.1 Å². The van der Waals surface area contributed by atoms with Crippen molar-refractivity contribution in [2.24, 2.45) is 0 Å². The van der Waals surface area contributed by atoms with Gasteiger partial charge in [-0.2, -0.15) is 8.78 Å². The fourth-order valence-electron chi connectivity index (χ4n) is 2.71. The predicted molar refractivity (Wildman–Crippen MR) is 76.6 cm³/mol. The topological polar surface area (TPSA) is 34.1 Å². The first-order chi connectivity index (χ1) is 10.2. The minimum absolute atomic E-state index is 0.108. The zero-order valence-electron chi connectivity index (χ0n) is 11.4. The number of halogens is 2. The maximum atomic E-state index is 12.3. The van der Waals surface area contributed by atoms with Gasteiger partial charge in [-0.3, -0.25) is 4.98 Å². The summed E-state index contributed by atoms with van der Waals surface area (Å²) in [5.74, 6) is 0.159. The Hall–Kier alpha value is -2.17. The molecule has 0 saturated heterocycles. The molecule has 1 aromatic heterocycles. The van der Waals surface area contributed by atoms with Gasteiger partial charge in [-0.05, 0) is 43.0 Å². The summed E-state index contributed by atoms with van der Waals surface area (Å²) in [4.78, 5) is 4.45. The Morgan fingerprint density at radius 1 is 1.24 bits per heavy atom. The van der Waals surface area contributed by atoms with E-state index in [9.17, 15) is 8.78 Å². The van der Waals surface area contributed by atoms with E-state index in [0.29, 0.717) is 0 Å². The second-order valence-corrected chi connectivity index (χ2v) is 5.04. The molecule has 0 radical (unpaired) electrons. The van der Waals surface area contributed by atoms with E-state index in [2.05, 4.69) is 21.1 Å². The van der Waals surface area contributed by atoms with E-state index in [1.165, 1.54) is 11.6 Å². The van der Waals surface area contributed by atoms with E-state index < -0.39 is 6.61 Å². The van der Waals surface area contributed by atoms with E-state index in [1.54, 1.807) is 18.3 Å². The summed E-state index contributed by atoms with van der Waals surface area (Å²) in [7, 11) is 0. The Balaban J connectivity index is 1.78. The van der Waals surface area contributed by atoms with Crippen LogP contribution in [0.5, 0.6) is 5.75 Å². The van der Waals surface area contributed by atoms with Gasteiger partial charge in [0.15, 0.2) is 0 Å². The number of nitrogens with one attached hydrogen (secondary N) is 1. The SMILES string of the molecule is FC(F)Oc1cccc(NC2CCCc3cccnc32)c1. The maximum absolute atomic E-state index is 12.3. The summed E-state index contributed by atoms with van der Waals surface area (Å²) < 4.78 is 28.9.